The van der Waals surface area contributed by atoms with Crippen LogP contribution in [0.5, 0.6) is 5.75 Å². The molecule has 3 aromatic heterocycles. The molecule has 3 N–H and O–H groups in total. The van der Waals surface area contributed by atoms with Gasteiger partial charge in [-0.05, 0) is 43.3 Å². The monoisotopic (exact) mass is 591 g/mol. The van der Waals surface area contributed by atoms with E-state index in [-0.39, 0.29) is 17.2 Å². The van der Waals surface area contributed by atoms with Gasteiger partial charge in [-0.2, -0.15) is 8.75 Å². The molecule has 0 unspecified atom stereocenters. The minimum atomic E-state index is -0.205. The van der Waals surface area contributed by atoms with Gasteiger partial charge < -0.3 is 30.0 Å². The zero-order valence-electron chi connectivity index (χ0n) is 24.7. The normalized spacial score (nSPS) is 14.4. The Bertz CT molecular complexity index is 1370. The molecule has 1 saturated carbocycles. The van der Waals surface area contributed by atoms with Crippen molar-refractivity contribution in [1.82, 2.24) is 18.6 Å². The van der Waals surface area contributed by atoms with Crippen molar-refractivity contribution in [2.75, 3.05) is 41.7 Å². The Balaban J connectivity index is 0.000000516. The quantitative estimate of drug-likeness (QED) is 0.199. The average Bonchev–Trinajstić information content (AvgIpc) is 3.84. The first kappa shape index (κ1) is 30.8. The van der Waals surface area contributed by atoms with E-state index in [0.717, 1.165) is 28.9 Å². The number of para-hydroxylation sites is 1. The second-order valence-corrected chi connectivity index (χ2v) is 10.4. The highest BCUT2D eigenvalue weighted by atomic mass is 32.1. The summed E-state index contributed by atoms with van der Waals surface area (Å²) in [6.45, 7) is 8.89. The number of aromatic nitrogens is 3. The summed E-state index contributed by atoms with van der Waals surface area (Å²) >= 11 is 1.04. The Morgan fingerprint density at radius 3 is 2.24 bits per heavy atom. The van der Waals surface area contributed by atoms with E-state index in [0.29, 0.717) is 50.0 Å². The number of piperazine rings is 1. The Labute approximate surface area is 252 Å². The van der Waals surface area contributed by atoms with Crippen LogP contribution in [-0.2, 0) is 6.54 Å². The van der Waals surface area contributed by atoms with E-state index in [4.69, 9.17) is 4.42 Å². The highest BCUT2D eigenvalue weighted by Crippen LogP contribution is 2.33. The molecule has 4 heterocycles. The molecule has 1 saturated heterocycles. The molecule has 0 spiro atoms. The van der Waals surface area contributed by atoms with Gasteiger partial charge in [-0.1, -0.05) is 52.0 Å². The number of phenols is 1. The maximum Gasteiger partial charge on any atom is 0.257 e. The Morgan fingerprint density at radius 1 is 0.929 bits per heavy atom. The summed E-state index contributed by atoms with van der Waals surface area (Å²) in [6, 6.07) is 12.8. The fraction of sp³-hybridized carbons (Fsp3) is 0.419. The van der Waals surface area contributed by atoms with Gasteiger partial charge in [-0.25, -0.2) is 0 Å². The molecule has 2 aliphatic rings. The zero-order chi connectivity index (χ0) is 29.7. The number of nitrogens with zero attached hydrogens (tertiary/aromatic N) is 5. The molecule has 2 fully saturated rings. The Morgan fingerprint density at radius 2 is 1.60 bits per heavy atom. The SMILES string of the molecule is C1CCCC1.CC.Cc1ccc(CNc2nsnc2Nc2cccc(C(=O)N3CCN(c4ccncc4)CC3)c2O)o1. The molecule has 0 bridgehead atoms. The third kappa shape index (κ3) is 8.22. The van der Waals surface area contributed by atoms with E-state index in [1.54, 1.807) is 35.5 Å². The van der Waals surface area contributed by atoms with E-state index >= 15 is 0 Å². The smallest absolute Gasteiger partial charge is 0.257 e. The number of carbonyl (C=O) groups is 1. The molecular weight excluding hydrogens is 550 g/mol. The predicted molar refractivity (Wildman–Crippen MR) is 169 cm³/mol. The summed E-state index contributed by atoms with van der Waals surface area (Å²) < 4.78 is 14.1. The first-order valence-corrected chi connectivity index (χ1v) is 15.5. The van der Waals surface area contributed by atoms with Crippen molar-refractivity contribution in [1.29, 1.82) is 0 Å². The molecular formula is C31H41N7O3S. The van der Waals surface area contributed by atoms with Crippen LogP contribution in [0.25, 0.3) is 0 Å². The second-order valence-electron chi connectivity index (χ2n) is 9.91. The third-order valence-electron chi connectivity index (χ3n) is 7.08. The summed E-state index contributed by atoms with van der Waals surface area (Å²) in [5, 5.41) is 17.2. The van der Waals surface area contributed by atoms with Gasteiger partial charge in [0.05, 0.1) is 29.5 Å². The summed E-state index contributed by atoms with van der Waals surface area (Å²) in [7, 11) is 0. The van der Waals surface area contributed by atoms with Crippen LogP contribution in [0.2, 0.25) is 0 Å². The number of carbonyl (C=O) groups excluding carboxylic acids is 1. The molecule has 224 valence electrons. The number of benzene rings is 1. The van der Waals surface area contributed by atoms with E-state index < -0.39 is 0 Å². The molecule has 1 aromatic carbocycles. The molecule has 11 heteroatoms. The van der Waals surface area contributed by atoms with Crippen molar-refractivity contribution in [2.24, 2.45) is 0 Å². The lowest BCUT2D eigenvalue weighted by Crippen LogP contribution is -2.48. The number of hydrogen-bond acceptors (Lipinski definition) is 10. The Kier molecular flexibility index (Phi) is 11.6. The lowest BCUT2D eigenvalue weighted by atomic mass is 10.1. The van der Waals surface area contributed by atoms with Crippen molar-refractivity contribution >= 4 is 40.6 Å². The molecule has 6 rings (SSSR count). The number of aromatic hydroxyl groups is 1. The standard InChI is InChI=1S/C24H25N7O3S.C5H10.C2H6/c1-16-5-6-18(34-16)15-26-22-23(29-35-28-22)27-20-4-2-3-19(21(20)32)24(33)31-13-11-30(12-14-31)17-7-9-25-10-8-17;1-2-4-5-3-1;1-2/h2-10,32H,11-15H2,1H3,(H,26,28)(H,27,29);1-5H2;1-2H3. The fourth-order valence-corrected chi connectivity index (χ4v) is 5.35. The van der Waals surface area contributed by atoms with Crippen molar-refractivity contribution in [3.63, 3.8) is 0 Å². The highest BCUT2D eigenvalue weighted by Gasteiger charge is 2.25. The van der Waals surface area contributed by atoms with E-state index in [2.05, 4.69) is 29.3 Å². The number of pyridine rings is 1. The average molecular weight is 592 g/mol. The molecule has 0 atom stereocenters. The first-order valence-electron chi connectivity index (χ1n) is 14.7. The van der Waals surface area contributed by atoms with Gasteiger partial charge in [0.2, 0.25) is 0 Å². The van der Waals surface area contributed by atoms with E-state index in [1.807, 2.05) is 45.0 Å². The first-order chi connectivity index (χ1) is 20.6. The number of hydrogen-bond donors (Lipinski definition) is 3. The predicted octanol–water partition coefficient (Wildman–Crippen LogP) is 6.83. The van der Waals surface area contributed by atoms with Crippen LogP contribution in [0, 0.1) is 6.92 Å². The minimum absolute atomic E-state index is 0.116. The molecule has 0 radical (unpaired) electrons. The van der Waals surface area contributed by atoms with Gasteiger partial charge in [0.1, 0.15) is 11.5 Å². The van der Waals surface area contributed by atoms with E-state index in [1.165, 1.54) is 32.1 Å². The maximum atomic E-state index is 13.2. The number of anilines is 4. The van der Waals surface area contributed by atoms with Crippen LogP contribution in [0.3, 0.4) is 0 Å². The highest BCUT2D eigenvalue weighted by molar-refractivity contribution is 6.99. The fourth-order valence-electron chi connectivity index (χ4n) is 4.86. The molecule has 1 aliphatic carbocycles. The van der Waals surface area contributed by atoms with Crippen molar-refractivity contribution in [2.45, 2.75) is 59.4 Å². The van der Waals surface area contributed by atoms with Crippen LogP contribution >= 0.6 is 11.7 Å². The van der Waals surface area contributed by atoms with Gasteiger partial charge >= 0.3 is 0 Å². The van der Waals surface area contributed by atoms with Gasteiger partial charge in [-0.15, -0.1) is 0 Å². The topological polar surface area (TPSA) is 120 Å². The number of nitrogens with one attached hydrogen (secondary N) is 2. The Hall–Kier alpha value is -4.12. The summed E-state index contributed by atoms with van der Waals surface area (Å²) in [5.74, 6) is 2.29. The number of rotatable bonds is 7. The molecule has 10 nitrogen and oxygen atoms in total. The molecule has 4 aromatic rings. The van der Waals surface area contributed by atoms with Gasteiger partial charge in [0.25, 0.3) is 5.91 Å². The maximum absolute atomic E-state index is 13.2. The van der Waals surface area contributed by atoms with Crippen LogP contribution in [-0.4, -0.2) is 55.8 Å². The lowest BCUT2D eigenvalue weighted by Gasteiger charge is -2.36. The van der Waals surface area contributed by atoms with Crippen LogP contribution in [0.4, 0.5) is 23.0 Å². The summed E-state index contributed by atoms with van der Waals surface area (Å²) in [5.41, 5.74) is 1.72. The number of aryl methyl sites for hydroxylation is 1. The molecule has 1 aliphatic heterocycles. The van der Waals surface area contributed by atoms with Crippen LogP contribution < -0.4 is 15.5 Å². The molecule has 1 amide bonds. The minimum Gasteiger partial charge on any atom is -0.505 e. The van der Waals surface area contributed by atoms with Crippen LogP contribution in [0.15, 0.2) is 59.3 Å². The van der Waals surface area contributed by atoms with Crippen molar-refractivity contribution in [3.05, 3.63) is 71.9 Å². The number of phenolic OH excluding ortho intramolecular Hbond substituents is 1. The largest absolute Gasteiger partial charge is 0.505 e. The summed E-state index contributed by atoms with van der Waals surface area (Å²) in [6.07, 6.45) is 11.0. The van der Waals surface area contributed by atoms with Crippen LogP contribution in [0.1, 0.15) is 67.8 Å². The van der Waals surface area contributed by atoms with Crippen molar-refractivity contribution < 1.29 is 14.3 Å². The lowest BCUT2D eigenvalue weighted by molar-refractivity contribution is 0.0744. The second kappa shape index (κ2) is 15.8. The van der Waals surface area contributed by atoms with Crippen molar-refractivity contribution in [3.8, 4) is 5.75 Å². The van der Waals surface area contributed by atoms with Gasteiger partial charge in [0, 0.05) is 44.3 Å². The third-order valence-corrected chi connectivity index (χ3v) is 7.61. The number of furan rings is 1. The van der Waals surface area contributed by atoms with Gasteiger partial charge in [0.15, 0.2) is 17.4 Å². The number of amides is 1. The van der Waals surface area contributed by atoms with Gasteiger partial charge in [-0.3, -0.25) is 9.78 Å². The van der Waals surface area contributed by atoms with E-state index in [9.17, 15) is 9.90 Å². The zero-order valence-corrected chi connectivity index (χ0v) is 25.5. The molecule has 42 heavy (non-hydrogen) atoms. The summed E-state index contributed by atoms with van der Waals surface area (Å²) in [4.78, 5) is 21.2.